The van der Waals surface area contributed by atoms with E-state index in [0.29, 0.717) is 0 Å². The fraction of sp³-hybridized carbons (Fsp3) is 0.444. The van der Waals surface area contributed by atoms with E-state index in [1.54, 1.807) is 0 Å². The standard InChI is InChI=1S/C9H14N2/c1-3-8-4-5-11-6-9(8)7(2)10/h4-7H,3,10H2,1-2H3/t7-/m1/s1. The summed E-state index contributed by atoms with van der Waals surface area (Å²) in [5.41, 5.74) is 8.21. The highest BCUT2D eigenvalue weighted by molar-refractivity contribution is 5.25. The van der Waals surface area contributed by atoms with E-state index in [9.17, 15) is 0 Å². The molecule has 2 heteroatoms. The maximum Gasteiger partial charge on any atom is 0.0318 e. The van der Waals surface area contributed by atoms with Gasteiger partial charge in [-0.1, -0.05) is 6.92 Å². The molecule has 0 aliphatic rings. The molecule has 0 saturated heterocycles. The van der Waals surface area contributed by atoms with Crippen LogP contribution in [0.1, 0.15) is 31.0 Å². The van der Waals surface area contributed by atoms with Crippen LogP contribution in [0.4, 0.5) is 0 Å². The molecule has 0 aliphatic heterocycles. The number of aromatic nitrogens is 1. The maximum atomic E-state index is 5.75. The van der Waals surface area contributed by atoms with Crippen LogP contribution in [0, 0.1) is 0 Å². The number of rotatable bonds is 2. The first-order valence-corrected chi connectivity index (χ1v) is 3.94. The Labute approximate surface area is 67.5 Å². The van der Waals surface area contributed by atoms with Gasteiger partial charge in [0.1, 0.15) is 0 Å². The molecule has 0 spiro atoms. The van der Waals surface area contributed by atoms with E-state index < -0.39 is 0 Å². The predicted molar refractivity (Wildman–Crippen MR) is 46.2 cm³/mol. The second kappa shape index (κ2) is 3.49. The Morgan fingerprint density at radius 3 is 2.82 bits per heavy atom. The van der Waals surface area contributed by atoms with Crippen molar-refractivity contribution >= 4 is 0 Å². The van der Waals surface area contributed by atoms with Gasteiger partial charge < -0.3 is 5.73 Å². The highest BCUT2D eigenvalue weighted by atomic mass is 14.7. The normalized spacial score (nSPS) is 13.0. The summed E-state index contributed by atoms with van der Waals surface area (Å²) < 4.78 is 0. The van der Waals surface area contributed by atoms with Crippen LogP contribution in [0.3, 0.4) is 0 Å². The molecule has 60 valence electrons. The highest BCUT2D eigenvalue weighted by Crippen LogP contribution is 2.13. The van der Waals surface area contributed by atoms with Crippen LogP contribution in [0.5, 0.6) is 0 Å². The molecule has 0 fully saturated rings. The summed E-state index contributed by atoms with van der Waals surface area (Å²) in [4.78, 5) is 4.03. The Bertz CT molecular complexity index is 231. The monoisotopic (exact) mass is 150 g/mol. The molecule has 2 N–H and O–H groups in total. The van der Waals surface area contributed by atoms with Crippen LogP contribution >= 0.6 is 0 Å². The second-order valence-corrected chi connectivity index (χ2v) is 2.72. The fourth-order valence-corrected chi connectivity index (χ4v) is 1.17. The molecule has 2 nitrogen and oxygen atoms in total. The lowest BCUT2D eigenvalue weighted by molar-refractivity contribution is 0.793. The Balaban J connectivity index is 3.02. The average Bonchev–Trinajstić information content (AvgIpc) is 2.04. The van der Waals surface area contributed by atoms with Gasteiger partial charge in [0, 0.05) is 18.4 Å². The van der Waals surface area contributed by atoms with Gasteiger partial charge in [0.05, 0.1) is 0 Å². The van der Waals surface area contributed by atoms with Crippen molar-refractivity contribution in [1.82, 2.24) is 4.98 Å². The lowest BCUT2D eigenvalue weighted by Gasteiger charge is -2.09. The van der Waals surface area contributed by atoms with E-state index >= 15 is 0 Å². The first-order valence-electron chi connectivity index (χ1n) is 3.94. The molecule has 1 aromatic heterocycles. The summed E-state index contributed by atoms with van der Waals surface area (Å²) in [6.07, 6.45) is 4.69. The molecule has 1 heterocycles. The van der Waals surface area contributed by atoms with E-state index in [0.717, 1.165) is 12.0 Å². The number of pyridine rings is 1. The number of nitrogens with zero attached hydrogens (tertiary/aromatic N) is 1. The Hall–Kier alpha value is -0.890. The van der Waals surface area contributed by atoms with Gasteiger partial charge in [-0.2, -0.15) is 0 Å². The lowest BCUT2D eigenvalue weighted by Crippen LogP contribution is -2.08. The number of nitrogens with two attached hydrogens (primary N) is 1. The number of hydrogen-bond donors (Lipinski definition) is 1. The van der Waals surface area contributed by atoms with Crippen LogP contribution < -0.4 is 5.73 Å². The lowest BCUT2D eigenvalue weighted by atomic mass is 10.0. The van der Waals surface area contributed by atoms with Crippen molar-refractivity contribution in [2.45, 2.75) is 26.3 Å². The topological polar surface area (TPSA) is 38.9 Å². The summed E-state index contributed by atoms with van der Waals surface area (Å²) in [7, 11) is 0. The minimum Gasteiger partial charge on any atom is -0.324 e. The summed E-state index contributed by atoms with van der Waals surface area (Å²) in [5, 5.41) is 0. The highest BCUT2D eigenvalue weighted by Gasteiger charge is 2.03. The predicted octanol–water partition coefficient (Wildman–Crippen LogP) is 1.66. The SMILES string of the molecule is CCc1ccncc1[C@@H](C)N. The first-order chi connectivity index (χ1) is 5.25. The summed E-state index contributed by atoms with van der Waals surface area (Å²) >= 11 is 0. The zero-order valence-electron chi connectivity index (χ0n) is 7.04. The van der Waals surface area contributed by atoms with Gasteiger partial charge in [-0.05, 0) is 30.5 Å². The van der Waals surface area contributed by atoms with Gasteiger partial charge in [0.2, 0.25) is 0 Å². The molecule has 0 bridgehead atoms. The zero-order chi connectivity index (χ0) is 8.27. The molecule has 11 heavy (non-hydrogen) atoms. The van der Waals surface area contributed by atoms with Gasteiger partial charge in [-0.25, -0.2) is 0 Å². The maximum absolute atomic E-state index is 5.75. The molecule has 1 aromatic rings. The van der Waals surface area contributed by atoms with E-state index in [-0.39, 0.29) is 6.04 Å². The van der Waals surface area contributed by atoms with Crippen molar-refractivity contribution in [3.05, 3.63) is 29.6 Å². The van der Waals surface area contributed by atoms with Gasteiger partial charge in [0.25, 0.3) is 0 Å². The average molecular weight is 150 g/mol. The van der Waals surface area contributed by atoms with Crippen LogP contribution in [0.25, 0.3) is 0 Å². The van der Waals surface area contributed by atoms with Crippen molar-refractivity contribution in [1.29, 1.82) is 0 Å². The van der Waals surface area contributed by atoms with Crippen molar-refractivity contribution in [3.8, 4) is 0 Å². The van der Waals surface area contributed by atoms with E-state index in [1.807, 2.05) is 25.4 Å². The number of aryl methyl sites for hydroxylation is 1. The molecule has 0 unspecified atom stereocenters. The number of hydrogen-bond acceptors (Lipinski definition) is 2. The molecule has 0 radical (unpaired) electrons. The minimum atomic E-state index is 0.0960. The van der Waals surface area contributed by atoms with Gasteiger partial charge in [0.15, 0.2) is 0 Å². The molecular formula is C9H14N2. The van der Waals surface area contributed by atoms with Crippen molar-refractivity contribution in [2.24, 2.45) is 5.73 Å². The zero-order valence-corrected chi connectivity index (χ0v) is 7.04. The molecule has 0 amide bonds. The summed E-state index contributed by atoms with van der Waals surface area (Å²) in [6.45, 7) is 4.11. The van der Waals surface area contributed by atoms with E-state index in [1.165, 1.54) is 5.56 Å². The van der Waals surface area contributed by atoms with Gasteiger partial charge in [-0.3, -0.25) is 4.98 Å². The van der Waals surface area contributed by atoms with Crippen LogP contribution in [-0.2, 0) is 6.42 Å². The van der Waals surface area contributed by atoms with E-state index in [4.69, 9.17) is 5.73 Å². The van der Waals surface area contributed by atoms with Gasteiger partial charge in [-0.15, -0.1) is 0 Å². The summed E-state index contributed by atoms with van der Waals surface area (Å²) in [5.74, 6) is 0. The molecule has 0 aromatic carbocycles. The van der Waals surface area contributed by atoms with Gasteiger partial charge >= 0.3 is 0 Å². The van der Waals surface area contributed by atoms with Crippen molar-refractivity contribution in [2.75, 3.05) is 0 Å². The molecular weight excluding hydrogens is 136 g/mol. The Morgan fingerprint density at radius 2 is 2.36 bits per heavy atom. The second-order valence-electron chi connectivity index (χ2n) is 2.72. The third kappa shape index (κ3) is 1.77. The van der Waals surface area contributed by atoms with Crippen molar-refractivity contribution in [3.63, 3.8) is 0 Å². The summed E-state index contributed by atoms with van der Waals surface area (Å²) in [6, 6.07) is 2.12. The smallest absolute Gasteiger partial charge is 0.0318 e. The molecule has 1 rings (SSSR count). The quantitative estimate of drug-likeness (QED) is 0.696. The third-order valence-electron chi connectivity index (χ3n) is 1.82. The Morgan fingerprint density at radius 1 is 1.64 bits per heavy atom. The first kappa shape index (κ1) is 8.21. The van der Waals surface area contributed by atoms with Crippen molar-refractivity contribution < 1.29 is 0 Å². The minimum absolute atomic E-state index is 0.0960. The fourth-order valence-electron chi connectivity index (χ4n) is 1.17. The van der Waals surface area contributed by atoms with E-state index in [2.05, 4.69) is 11.9 Å². The molecule has 1 atom stereocenters. The van der Waals surface area contributed by atoms with Crippen LogP contribution in [-0.4, -0.2) is 4.98 Å². The third-order valence-corrected chi connectivity index (χ3v) is 1.82. The molecule has 0 saturated carbocycles. The van der Waals surface area contributed by atoms with Crippen LogP contribution in [0.2, 0.25) is 0 Å². The molecule has 0 aliphatic carbocycles. The van der Waals surface area contributed by atoms with Crippen LogP contribution in [0.15, 0.2) is 18.5 Å². The largest absolute Gasteiger partial charge is 0.324 e. The Kier molecular flexibility index (Phi) is 2.60.